The molecular formula is C11H13ClN2O2. The van der Waals surface area contributed by atoms with Crippen LogP contribution in [-0.2, 0) is 4.74 Å². The van der Waals surface area contributed by atoms with Gasteiger partial charge in [0.2, 0.25) is 0 Å². The predicted octanol–water partition coefficient (Wildman–Crippen LogP) is 1.63. The molecule has 16 heavy (non-hydrogen) atoms. The van der Waals surface area contributed by atoms with Crippen LogP contribution in [0, 0.1) is 11.3 Å². The Balaban J connectivity index is 2.40. The van der Waals surface area contributed by atoms with Gasteiger partial charge in [-0.15, -0.1) is 0 Å². The molecule has 0 saturated carbocycles. The SMILES string of the molecule is N#Cc1ccc(NCCOCCO)c(Cl)c1. The van der Waals surface area contributed by atoms with Crippen molar-refractivity contribution in [3.8, 4) is 6.07 Å². The molecule has 1 aromatic carbocycles. The third-order valence-corrected chi connectivity index (χ3v) is 2.21. The summed E-state index contributed by atoms with van der Waals surface area (Å²) in [5.41, 5.74) is 1.31. The monoisotopic (exact) mass is 240 g/mol. The van der Waals surface area contributed by atoms with Crippen LogP contribution in [0.1, 0.15) is 5.56 Å². The van der Waals surface area contributed by atoms with Gasteiger partial charge in [-0.05, 0) is 18.2 Å². The average Bonchev–Trinajstić information content (AvgIpc) is 2.30. The first-order chi connectivity index (χ1) is 7.77. The van der Waals surface area contributed by atoms with E-state index in [1.165, 1.54) is 0 Å². The van der Waals surface area contributed by atoms with Gasteiger partial charge in [-0.2, -0.15) is 5.26 Å². The molecule has 0 fully saturated rings. The maximum atomic E-state index is 8.65. The van der Waals surface area contributed by atoms with Gasteiger partial charge in [-0.25, -0.2) is 0 Å². The molecule has 0 heterocycles. The summed E-state index contributed by atoms with van der Waals surface area (Å²) in [6.45, 7) is 1.46. The lowest BCUT2D eigenvalue weighted by atomic mass is 10.2. The Bertz CT molecular complexity index is 377. The fraction of sp³-hybridized carbons (Fsp3) is 0.364. The van der Waals surface area contributed by atoms with Crippen LogP contribution in [-0.4, -0.2) is 31.5 Å². The van der Waals surface area contributed by atoms with Crippen LogP contribution in [0.15, 0.2) is 18.2 Å². The van der Waals surface area contributed by atoms with Gasteiger partial charge < -0.3 is 15.2 Å². The van der Waals surface area contributed by atoms with E-state index in [0.717, 1.165) is 5.69 Å². The summed E-state index contributed by atoms with van der Waals surface area (Å²) >= 11 is 5.95. The van der Waals surface area contributed by atoms with Crippen molar-refractivity contribution in [2.75, 3.05) is 31.7 Å². The number of aliphatic hydroxyl groups is 1. The molecule has 0 unspecified atom stereocenters. The molecule has 1 aromatic rings. The molecule has 86 valence electrons. The molecule has 0 spiro atoms. The summed E-state index contributed by atoms with van der Waals surface area (Å²) in [7, 11) is 0. The highest BCUT2D eigenvalue weighted by Crippen LogP contribution is 2.22. The van der Waals surface area contributed by atoms with E-state index in [9.17, 15) is 0 Å². The van der Waals surface area contributed by atoms with Crippen LogP contribution in [0.4, 0.5) is 5.69 Å². The zero-order valence-electron chi connectivity index (χ0n) is 8.74. The highest BCUT2D eigenvalue weighted by molar-refractivity contribution is 6.33. The molecule has 0 aliphatic heterocycles. The molecule has 2 N–H and O–H groups in total. The van der Waals surface area contributed by atoms with Crippen LogP contribution < -0.4 is 5.32 Å². The summed E-state index contributed by atoms with van der Waals surface area (Å²) < 4.78 is 5.08. The Hall–Kier alpha value is -1.28. The topological polar surface area (TPSA) is 65.3 Å². The molecular weight excluding hydrogens is 228 g/mol. The molecule has 0 radical (unpaired) electrons. The standard InChI is InChI=1S/C11H13ClN2O2/c12-10-7-9(8-13)1-2-11(10)14-3-5-16-6-4-15/h1-2,7,14-15H,3-6H2. The van der Waals surface area contributed by atoms with Crippen molar-refractivity contribution in [2.24, 2.45) is 0 Å². The van der Waals surface area contributed by atoms with Gasteiger partial charge in [0.15, 0.2) is 0 Å². The lowest BCUT2D eigenvalue weighted by Gasteiger charge is -2.08. The second-order valence-electron chi connectivity index (χ2n) is 3.07. The predicted molar refractivity (Wildman–Crippen MR) is 62.6 cm³/mol. The molecule has 1 rings (SSSR count). The van der Waals surface area contributed by atoms with Crippen LogP contribution in [0.25, 0.3) is 0 Å². The number of nitrogens with zero attached hydrogens (tertiary/aromatic N) is 1. The van der Waals surface area contributed by atoms with Crippen LogP contribution >= 0.6 is 11.6 Å². The van der Waals surface area contributed by atoms with Gasteiger partial charge in [0.1, 0.15) is 0 Å². The van der Waals surface area contributed by atoms with E-state index in [4.69, 9.17) is 26.7 Å². The van der Waals surface area contributed by atoms with E-state index < -0.39 is 0 Å². The Labute approximate surface area is 99.4 Å². The van der Waals surface area contributed by atoms with Gasteiger partial charge in [0.05, 0.1) is 42.2 Å². The quantitative estimate of drug-likeness (QED) is 0.742. The Kier molecular flexibility index (Phi) is 5.65. The minimum Gasteiger partial charge on any atom is -0.394 e. The summed E-state index contributed by atoms with van der Waals surface area (Å²) in [6.07, 6.45) is 0. The molecule has 0 aliphatic carbocycles. The maximum absolute atomic E-state index is 8.65. The molecule has 0 aromatic heterocycles. The van der Waals surface area contributed by atoms with Crippen molar-refractivity contribution in [3.05, 3.63) is 28.8 Å². The van der Waals surface area contributed by atoms with Crippen molar-refractivity contribution in [1.82, 2.24) is 0 Å². The van der Waals surface area contributed by atoms with Crippen LogP contribution in [0.3, 0.4) is 0 Å². The number of ether oxygens (including phenoxy) is 1. The maximum Gasteiger partial charge on any atom is 0.0992 e. The first kappa shape index (κ1) is 12.8. The number of aliphatic hydroxyl groups excluding tert-OH is 1. The highest BCUT2D eigenvalue weighted by atomic mass is 35.5. The summed E-state index contributed by atoms with van der Waals surface area (Å²) in [5.74, 6) is 0. The number of hydrogen-bond donors (Lipinski definition) is 2. The molecule has 0 atom stereocenters. The van der Waals surface area contributed by atoms with Crippen molar-refractivity contribution in [1.29, 1.82) is 5.26 Å². The molecule has 4 nitrogen and oxygen atoms in total. The second-order valence-corrected chi connectivity index (χ2v) is 3.48. The number of anilines is 1. The Morgan fingerprint density at radius 1 is 1.44 bits per heavy atom. The second kappa shape index (κ2) is 7.07. The summed E-state index contributed by atoms with van der Waals surface area (Å²) in [6, 6.07) is 7.08. The lowest BCUT2D eigenvalue weighted by molar-refractivity contribution is 0.0992. The first-order valence-corrected chi connectivity index (χ1v) is 5.28. The zero-order chi connectivity index (χ0) is 11.8. The molecule has 0 amide bonds. The number of hydrogen-bond acceptors (Lipinski definition) is 4. The lowest BCUT2D eigenvalue weighted by Crippen LogP contribution is -2.11. The third-order valence-electron chi connectivity index (χ3n) is 1.90. The summed E-state index contributed by atoms with van der Waals surface area (Å²) in [4.78, 5) is 0. The number of halogens is 1. The van der Waals surface area contributed by atoms with Gasteiger partial charge in [-0.1, -0.05) is 11.6 Å². The summed E-state index contributed by atoms with van der Waals surface area (Å²) in [5, 5.41) is 20.7. The van der Waals surface area contributed by atoms with Gasteiger partial charge >= 0.3 is 0 Å². The largest absolute Gasteiger partial charge is 0.394 e. The van der Waals surface area contributed by atoms with Gasteiger partial charge in [0, 0.05) is 6.54 Å². The number of nitrogens with one attached hydrogen (secondary N) is 1. The smallest absolute Gasteiger partial charge is 0.0992 e. The van der Waals surface area contributed by atoms with Gasteiger partial charge in [0.25, 0.3) is 0 Å². The van der Waals surface area contributed by atoms with Crippen molar-refractivity contribution < 1.29 is 9.84 Å². The minimum absolute atomic E-state index is 0.0254. The number of nitriles is 1. The minimum atomic E-state index is 0.0254. The average molecular weight is 241 g/mol. The van der Waals surface area contributed by atoms with Crippen molar-refractivity contribution in [2.45, 2.75) is 0 Å². The molecule has 5 heteroatoms. The van der Waals surface area contributed by atoms with E-state index in [2.05, 4.69) is 5.32 Å². The van der Waals surface area contributed by atoms with E-state index in [1.54, 1.807) is 18.2 Å². The zero-order valence-corrected chi connectivity index (χ0v) is 9.50. The van der Waals surface area contributed by atoms with Gasteiger partial charge in [-0.3, -0.25) is 0 Å². The third kappa shape index (κ3) is 4.07. The van der Waals surface area contributed by atoms with E-state index >= 15 is 0 Å². The normalized spacial score (nSPS) is 9.81. The van der Waals surface area contributed by atoms with Crippen molar-refractivity contribution >= 4 is 17.3 Å². The fourth-order valence-corrected chi connectivity index (χ4v) is 1.40. The van der Waals surface area contributed by atoms with E-state index in [-0.39, 0.29) is 6.61 Å². The Morgan fingerprint density at radius 3 is 2.88 bits per heavy atom. The van der Waals surface area contributed by atoms with Crippen LogP contribution in [0.5, 0.6) is 0 Å². The van der Waals surface area contributed by atoms with E-state index in [1.807, 2.05) is 6.07 Å². The molecule has 0 aliphatic rings. The molecule has 0 saturated heterocycles. The molecule has 0 bridgehead atoms. The highest BCUT2D eigenvalue weighted by Gasteiger charge is 2.00. The first-order valence-electron chi connectivity index (χ1n) is 4.90. The number of rotatable bonds is 6. The van der Waals surface area contributed by atoms with E-state index in [0.29, 0.717) is 30.3 Å². The Morgan fingerprint density at radius 2 is 2.25 bits per heavy atom. The number of benzene rings is 1. The van der Waals surface area contributed by atoms with Crippen molar-refractivity contribution in [3.63, 3.8) is 0 Å². The fourth-order valence-electron chi connectivity index (χ4n) is 1.15. The van der Waals surface area contributed by atoms with Crippen LogP contribution in [0.2, 0.25) is 5.02 Å².